The smallest absolute Gasteiger partial charge is 0.217 e. The van der Waals surface area contributed by atoms with Crippen molar-refractivity contribution in [2.45, 2.75) is 57.9 Å². The number of sulfonamides is 1. The molecular weight excluding hydrogens is 400 g/mol. The minimum absolute atomic E-state index is 0.260. The molecule has 0 spiro atoms. The van der Waals surface area contributed by atoms with Crippen LogP contribution in [0.1, 0.15) is 56.0 Å². The van der Waals surface area contributed by atoms with Crippen molar-refractivity contribution in [1.29, 1.82) is 0 Å². The first-order chi connectivity index (χ1) is 14.4. The third-order valence-electron chi connectivity index (χ3n) is 5.58. The van der Waals surface area contributed by atoms with E-state index in [1.165, 1.54) is 0 Å². The van der Waals surface area contributed by atoms with Gasteiger partial charge in [0.05, 0.1) is 23.2 Å². The van der Waals surface area contributed by atoms with E-state index >= 15 is 0 Å². The lowest BCUT2D eigenvalue weighted by atomic mass is 10.0. The van der Waals surface area contributed by atoms with E-state index in [0.29, 0.717) is 13.1 Å². The van der Waals surface area contributed by atoms with Gasteiger partial charge in [0.25, 0.3) is 0 Å². The van der Waals surface area contributed by atoms with Gasteiger partial charge < -0.3 is 5.32 Å². The lowest BCUT2D eigenvalue weighted by Crippen LogP contribution is -2.42. The minimum atomic E-state index is -3.37. The predicted octanol–water partition coefficient (Wildman–Crippen LogP) is 3.31. The first kappa shape index (κ1) is 20.7. The fraction of sp³-hybridized carbons (Fsp3) is 0.476. The number of rotatable bonds is 6. The van der Waals surface area contributed by atoms with Crippen molar-refractivity contribution in [2.75, 3.05) is 11.9 Å². The summed E-state index contributed by atoms with van der Waals surface area (Å²) in [5.74, 6) is 0.791. The molecule has 1 aliphatic rings. The average Bonchev–Trinajstić information content (AvgIpc) is 3.13. The predicted molar refractivity (Wildman–Crippen MR) is 117 cm³/mol. The van der Waals surface area contributed by atoms with Gasteiger partial charge in [-0.3, -0.25) is 4.98 Å². The second-order valence-corrected chi connectivity index (χ2v) is 10.5. The van der Waals surface area contributed by atoms with Gasteiger partial charge >= 0.3 is 0 Å². The van der Waals surface area contributed by atoms with E-state index in [1.807, 2.05) is 31.3 Å². The van der Waals surface area contributed by atoms with Crippen LogP contribution in [0, 0.1) is 6.92 Å². The number of piperidine rings is 1. The molecule has 1 fully saturated rings. The molecule has 0 aliphatic carbocycles. The molecule has 30 heavy (non-hydrogen) atoms. The van der Waals surface area contributed by atoms with Crippen molar-refractivity contribution >= 4 is 21.5 Å². The molecule has 8 nitrogen and oxygen atoms in total. The van der Waals surface area contributed by atoms with Crippen LogP contribution in [0.4, 0.5) is 5.82 Å². The average molecular weight is 429 g/mol. The molecular formula is C21H28N6O2S. The van der Waals surface area contributed by atoms with Crippen LogP contribution >= 0.6 is 0 Å². The number of aryl methyl sites for hydroxylation is 1. The molecule has 1 saturated heterocycles. The van der Waals surface area contributed by atoms with Crippen molar-refractivity contribution in [3.8, 4) is 0 Å². The van der Waals surface area contributed by atoms with Crippen LogP contribution in [0.15, 0.2) is 36.8 Å². The highest BCUT2D eigenvalue weighted by atomic mass is 32.2. The number of anilines is 1. The molecule has 4 rings (SSSR count). The van der Waals surface area contributed by atoms with Gasteiger partial charge in [0.15, 0.2) is 5.65 Å². The van der Waals surface area contributed by atoms with Crippen LogP contribution in [0.25, 0.3) is 5.65 Å². The molecule has 0 radical (unpaired) electrons. The second-order valence-electron chi connectivity index (χ2n) is 8.06. The molecule has 3 aromatic heterocycles. The zero-order valence-electron chi connectivity index (χ0n) is 17.6. The lowest BCUT2D eigenvalue weighted by Gasteiger charge is -2.35. The molecule has 0 saturated carbocycles. The van der Waals surface area contributed by atoms with E-state index in [9.17, 15) is 8.42 Å². The summed E-state index contributed by atoms with van der Waals surface area (Å²) in [6.07, 6.45) is 7.98. The van der Waals surface area contributed by atoms with E-state index in [-0.39, 0.29) is 6.04 Å². The van der Waals surface area contributed by atoms with Gasteiger partial charge in [-0.05, 0) is 45.2 Å². The maximum atomic E-state index is 13.0. The Morgan fingerprint density at radius 1 is 1.27 bits per heavy atom. The van der Waals surface area contributed by atoms with Crippen LogP contribution in [-0.4, -0.2) is 44.1 Å². The van der Waals surface area contributed by atoms with Crippen molar-refractivity contribution in [3.05, 3.63) is 53.6 Å². The summed E-state index contributed by atoms with van der Waals surface area (Å²) in [7, 11) is -3.37. The zero-order valence-corrected chi connectivity index (χ0v) is 18.4. The third-order valence-corrected chi connectivity index (χ3v) is 7.86. The van der Waals surface area contributed by atoms with Crippen molar-refractivity contribution in [3.63, 3.8) is 0 Å². The topological polar surface area (TPSA) is 92.5 Å². The highest BCUT2D eigenvalue weighted by Crippen LogP contribution is 2.35. The van der Waals surface area contributed by atoms with Gasteiger partial charge in [-0.25, -0.2) is 13.4 Å². The normalized spacial score (nSPS) is 18.2. The maximum Gasteiger partial charge on any atom is 0.217 e. The fourth-order valence-corrected chi connectivity index (χ4v) is 5.35. The van der Waals surface area contributed by atoms with Gasteiger partial charge in [-0.2, -0.15) is 13.9 Å². The molecule has 0 bridgehead atoms. The summed E-state index contributed by atoms with van der Waals surface area (Å²) in [5.41, 5.74) is 3.52. The Kier molecular flexibility index (Phi) is 5.75. The Balaban J connectivity index is 1.74. The molecule has 0 aromatic carbocycles. The summed E-state index contributed by atoms with van der Waals surface area (Å²) in [4.78, 5) is 9.00. The van der Waals surface area contributed by atoms with E-state index in [0.717, 1.165) is 47.5 Å². The zero-order chi connectivity index (χ0) is 21.3. The summed E-state index contributed by atoms with van der Waals surface area (Å²) in [5, 5.41) is 7.43. The Morgan fingerprint density at radius 3 is 2.83 bits per heavy atom. The molecule has 0 amide bonds. The highest BCUT2D eigenvalue weighted by Gasteiger charge is 2.36. The number of pyridine rings is 1. The maximum absolute atomic E-state index is 13.0. The Hall–Kier alpha value is -2.52. The van der Waals surface area contributed by atoms with Gasteiger partial charge in [0, 0.05) is 37.1 Å². The van der Waals surface area contributed by atoms with Gasteiger partial charge in [0.2, 0.25) is 10.0 Å². The van der Waals surface area contributed by atoms with Gasteiger partial charge in [-0.15, -0.1) is 0 Å². The lowest BCUT2D eigenvalue weighted by molar-refractivity contribution is 0.250. The van der Waals surface area contributed by atoms with Gasteiger partial charge in [0.1, 0.15) is 5.82 Å². The van der Waals surface area contributed by atoms with Crippen LogP contribution in [0.5, 0.6) is 0 Å². The number of nitrogens with zero attached hydrogens (tertiary/aromatic N) is 5. The third kappa shape index (κ3) is 3.91. The number of fused-ring (bicyclic) bond motifs is 1. The van der Waals surface area contributed by atoms with Gasteiger partial charge in [-0.1, -0.05) is 12.5 Å². The summed E-state index contributed by atoms with van der Waals surface area (Å²) in [6, 6.07) is 5.59. The van der Waals surface area contributed by atoms with Crippen molar-refractivity contribution in [2.24, 2.45) is 0 Å². The van der Waals surface area contributed by atoms with E-state index in [2.05, 4.69) is 15.4 Å². The molecule has 3 aromatic rings. The molecule has 4 heterocycles. The largest absolute Gasteiger partial charge is 0.366 e. The summed E-state index contributed by atoms with van der Waals surface area (Å²) < 4.78 is 29.4. The first-order valence-electron chi connectivity index (χ1n) is 10.4. The van der Waals surface area contributed by atoms with Crippen LogP contribution < -0.4 is 5.32 Å². The Bertz CT molecular complexity index is 1130. The fourth-order valence-electron chi connectivity index (χ4n) is 3.86. The minimum Gasteiger partial charge on any atom is -0.366 e. The molecule has 1 atom stereocenters. The summed E-state index contributed by atoms with van der Waals surface area (Å²) >= 11 is 0. The van der Waals surface area contributed by atoms with E-state index in [1.54, 1.807) is 35.1 Å². The Morgan fingerprint density at radius 2 is 2.10 bits per heavy atom. The van der Waals surface area contributed by atoms with Crippen LogP contribution in [-0.2, 0) is 16.6 Å². The SMILES string of the molecule is Cc1cnn2c(NCc3cccnc3)cc(C3CCCCN3S(=O)(=O)C(C)C)nc12. The van der Waals surface area contributed by atoms with Crippen LogP contribution in [0.3, 0.4) is 0 Å². The van der Waals surface area contributed by atoms with Crippen molar-refractivity contribution < 1.29 is 8.42 Å². The number of nitrogens with one attached hydrogen (secondary N) is 1. The van der Waals surface area contributed by atoms with Crippen molar-refractivity contribution in [1.82, 2.24) is 23.9 Å². The second kappa shape index (κ2) is 8.31. The Labute approximate surface area is 177 Å². The molecule has 160 valence electrons. The monoisotopic (exact) mass is 428 g/mol. The summed E-state index contributed by atoms with van der Waals surface area (Å²) in [6.45, 7) is 6.56. The van der Waals surface area contributed by atoms with E-state index < -0.39 is 15.3 Å². The molecule has 9 heteroatoms. The van der Waals surface area contributed by atoms with E-state index in [4.69, 9.17) is 4.98 Å². The number of aromatic nitrogens is 4. The standard InChI is InChI=1S/C21H28N6O2S/c1-15(2)30(28,29)26-10-5-4-8-19(26)18-11-20(23-14-17-7-6-9-22-13-17)27-21(25-18)16(3)12-24-27/h6-7,9,11-13,15,19,23H,4-5,8,10,14H2,1-3H3. The highest BCUT2D eigenvalue weighted by molar-refractivity contribution is 7.89. The number of hydrogen-bond acceptors (Lipinski definition) is 6. The number of hydrogen-bond donors (Lipinski definition) is 1. The molecule has 1 unspecified atom stereocenters. The molecule has 1 N–H and O–H groups in total. The molecule has 1 aliphatic heterocycles. The van der Waals surface area contributed by atoms with Crippen LogP contribution in [0.2, 0.25) is 0 Å². The quantitative estimate of drug-likeness (QED) is 0.648. The first-order valence-corrected chi connectivity index (χ1v) is 11.9.